The van der Waals surface area contributed by atoms with Crippen LogP contribution in [0.2, 0.25) is 0 Å². The molecule has 0 nitrogen and oxygen atoms in total. The average molecular weight is 150 g/mol. The second-order valence-corrected chi connectivity index (χ2v) is 2.27. The molecule has 0 aromatic carbocycles. The van der Waals surface area contributed by atoms with E-state index < -0.39 is 0 Å². The predicted molar refractivity (Wildman–Crippen MR) is 41.9 cm³/mol. The second kappa shape index (κ2) is 3.91. The Hall–Kier alpha value is -0.300. The molecule has 0 amide bonds. The van der Waals surface area contributed by atoms with Gasteiger partial charge in [0.15, 0.2) is 0 Å². The molecule has 0 aliphatic heterocycles. The van der Waals surface area contributed by atoms with Crippen LogP contribution in [0.15, 0.2) is 42.5 Å². The smallest absolute Gasteiger partial charge is 0.184 e. The standard InChI is InChI=1S/C10H7.Na/c1-2-5-9-7-4-8-10(9)6-3-1;/h2-8H;/q-1;+1. The minimum atomic E-state index is 0. The van der Waals surface area contributed by atoms with Crippen molar-refractivity contribution in [3.05, 3.63) is 48.5 Å². The summed E-state index contributed by atoms with van der Waals surface area (Å²) < 4.78 is 0. The molecule has 0 aromatic heterocycles. The first-order valence-corrected chi connectivity index (χ1v) is 3.32. The minimum absolute atomic E-state index is 0. The summed E-state index contributed by atoms with van der Waals surface area (Å²) in [7, 11) is 0. The van der Waals surface area contributed by atoms with Crippen LogP contribution in [-0.4, -0.2) is 0 Å². The molecule has 11 heavy (non-hydrogen) atoms. The first-order valence-electron chi connectivity index (χ1n) is 3.32. The summed E-state index contributed by atoms with van der Waals surface area (Å²) in [5.41, 5.74) is 2.56. The van der Waals surface area contributed by atoms with E-state index in [0.717, 1.165) is 0 Å². The van der Waals surface area contributed by atoms with E-state index in [0.29, 0.717) is 0 Å². The molecular formula is C10H7Na. The van der Waals surface area contributed by atoms with Crippen molar-refractivity contribution >= 4 is 0 Å². The topological polar surface area (TPSA) is 0 Å². The Labute approximate surface area is 88.9 Å². The van der Waals surface area contributed by atoms with Crippen LogP contribution in [0.25, 0.3) is 11.1 Å². The molecule has 0 fully saturated rings. The Bertz CT molecular complexity index is 276. The third-order valence-electron chi connectivity index (χ3n) is 1.60. The molecule has 0 bridgehead atoms. The molecular weight excluding hydrogens is 143 g/mol. The molecule has 0 radical (unpaired) electrons. The molecule has 1 heteroatoms. The van der Waals surface area contributed by atoms with Crippen LogP contribution in [0.4, 0.5) is 0 Å². The van der Waals surface area contributed by atoms with Crippen LogP contribution < -0.4 is 29.6 Å². The molecule has 0 spiro atoms. The summed E-state index contributed by atoms with van der Waals surface area (Å²) in [6, 6.07) is 17.3. The van der Waals surface area contributed by atoms with Gasteiger partial charge in [0.2, 0.25) is 0 Å². The summed E-state index contributed by atoms with van der Waals surface area (Å²) in [6.07, 6.45) is 0. The second-order valence-electron chi connectivity index (χ2n) is 2.27. The fourth-order valence-electron chi connectivity index (χ4n) is 1.08. The van der Waals surface area contributed by atoms with E-state index in [4.69, 9.17) is 0 Å². The van der Waals surface area contributed by atoms with Gasteiger partial charge in [-0.05, 0) is 0 Å². The molecule has 0 atom stereocenters. The van der Waals surface area contributed by atoms with Crippen molar-refractivity contribution in [2.24, 2.45) is 0 Å². The molecule has 2 aliphatic rings. The van der Waals surface area contributed by atoms with Crippen molar-refractivity contribution < 1.29 is 29.6 Å². The summed E-state index contributed by atoms with van der Waals surface area (Å²) in [6.45, 7) is 0. The zero-order valence-electron chi connectivity index (χ0n) is 6.54. The molecule has 0 saturated heterocycles. The monoisotopic (exact) mass is 150 g/mol. The van der Waals surface area contributed by atoms with Gasteiger partial charge in [0.05, 0.1) is 0 Å². The Balaban J connectivity index is 0.000000605. The van der Waals surface area contributed by atoms with Gasteiger partial charge in [-0.15, -0.1) is 0 Å². The van der Waals surface area contributed by atoms with E-state index in [1.807, 2.05) is 12.1 Å². The zero-order valence-corrected chi connectivity index (χ0v) is 8.54. The van der Waals surface area contributed by atoms with Crippen molar-refractivity contribution in [2.75, 3.05) is 0 Å². The van der Waals surface area contributed by atoms with Gasteiger partial charge >= 0.3 is 29.6 Å². The Morgan fingerprint density at radius 1 is 0.818 bits per heavy atom. The minimum Gasteiger partial charge on any atom is -0.184 e. The van der Waals surface area contributed by atoms with Gasteiger partial charge in [-0.3, -0.25) is 0 Å². The van der Waals surface area contributed by atoms with E-state index in [-0.39, 0.29) is 29.6 Å². The Morgan fingerprint density at radius 3 is 1.91 bits per heavy atom. The molecule has 0 saturated carbocycles. The first kappa shape index (κ1) is 8.79. The molecule has 2 aliphatic carbocycles. The van der Waals surface area contributed by atoms with Crippen LogP contribution >= 0.6 is 0 Å². The molecule has 0 unspecified atom stereocenters. The van der Waals surface area contributed by atoms with Crippen LogP contribution in [0, 0.1) is 6.07 Å². The van der Waals surface area contributed by atoms with E-state index in [9.17, 15) is 0 Å². The molecule has 0 aromatic rings. The van der Waals surface area contributed by atoms with Crippen LogP contribution in [0.3, 0.4) is 0 Å². The summed E-state index contributed by atoms with van der Waals surface area (Å²) >= 11 is 0. The maximum absolute atomic E-state index is 3.02. The Morgan fingerprint density at radius 2 is 1.36 bits per heavy atom. The number of hydrogen-bond acceptors (Lipinski definition) is 0. The fourth-order valence-corrected chi connectivity index (χ4v) is 1.08. The van der Waals surface area contributed by atoms with E-state index in [2.05, 4.69) is 36.4 Å². The quantitative estimate of drug-likeness (QED) is 0.354. The molecule has 48 valence electrons. The van der Waals surface area contributed by atoms with Crippen LogP contribution in [0.5, 0.6) is 0 Å². The van der Waals surface area contributed by atoms with Gasteiger partial charge in [-0.2, -0.15) is 30.3 Å². The molecule has 0 N–H and O–H groups in total. The summed E-state index contributed by atoms with van der Waals surface area (Å²) in [5.74, 6) is 0. The van der Waals surface area contributed by atoms with Crippen LogP contribution in [-0.2, 0) is 0 Å². The summed E-state index contributed by atoms with van der Waals surface area (Å²) in [4.78, 5) is 0. The zero-order chi connectivity index (χ0) is 6.81. The number of hydrogen-bond donors (Lipinski definition) is 0. The third kappa shape index (κ3) is 1.84. The first-order chi connectivity index (χ1) is 4.97. The normalized spacial score (nSPS) is 9.09. The average Bonchev–Trinajstić information content (AvgIpc) is 2.28. The maximum Gasteiger partial charge on any atom is 1.00 e. The third-order valence-corrected chi connectivity index (χ3v) is 1.60. The van der Waals surface area contributed by atoms with Gasteiger partial charge in [0.25, 0.3) is 0 Å². The largest absolute Gasteiger partial charge is 1.00 e. The van der Waals surface area contributed by atoms with Crippen LogP contribution in [0.1, 0.15) is 0 Å². The van der Waals surface area contributed by atoms with Gasteiger partial charge in [0, 0.05) is 0 Å². The van der Waals surface area contributed by atoms with Gasteiger partial charge in [-0.25, -0.2) is 0 Å². The van der Waals surface area contributed by atoms with Crippen molar-refractivity contribution in [2.45, 2.75) is 0 Å². The van der Waals surface area contributed by atoms with E-state index >= 15 is 0 Å². The van der Waals surface area contributed by atoms with Gasteiger partial charge in [0.1, 0.15) is 0 Å². The summed E-state index contributed by atoms with van der Waals surface area (Å²) in [5, 5.41) is 0. The van der Waals surface area contributed by atoms with Crippen molar-refractivity contribution in [1.29, 1.82) is 0 Å². The van der Waals surface area contributed by atoms with Crippen molar-refractivity contribution in [1.82, 2.24) is 0 Å². The number of rotatable bonds is 0. The Kier molecular flexibility index (Phi) is 3.13. The maximum atomic E-state index is 3.02. The number of fused-ring (bicyclic) bond motifs is 1. The molecule has 2 rings (SSSR count). The van der Waals surface area contributed by atoms with Crippen molar-refractivity contribution in [3.8, 4) is 11.1 Å². The van der Waals surface area contributed by atoms with Crippen molar-refractivity contribution in [3.63, 3.8) is 0 Å². The predicted octanol–water partition coefficient (Wildman–Crippen LogP) is -0.404. The SMILES string of the molecule is [Na+].[c-]1ccc2cccc-2cc1. The fraction of sp³-hybridized carbons (Fsp3) is 0. The van der Waals surface area contributed by atoms with Gasteiger partial charge < -0.3 is 0 Å². The van der Waals surface area contributed by atoms with E-state index in [1.54, 1.807) is 0 Å². The molecule has 0 heterocycles. The van der Waals surface area contributed by atoms with E-state index in [1.165, 1.54) is 11.1 Å². The van der Waals surface area contributed by atoms with Gasteiger partial charge in [-0.1, -0.05) is 29.3 Å².